The molecule has 0 aromatic carbocycles. The van der Waals surface area contributed by atoms with Gasteiger partial charge in [0.2, 0.25) is 5.91 Å². The minimum Gasteiger partial charge on any atom is -0.481 e. The summed E-state index contributed by atoms with van der Waals surface area (Å²) >= 11 is 0. The van der Waals surface area contributed by atoms with Gasteiger partial charge < -0.3 is 45.2 Å². The van der Waals surface area contributed by atoms with Gasteiger partial charge in [-0.05, 0) is 26.3 Å². The van der Waals surface area contributed by atoms with Crippen molar-refractivity contribution in [3.63, 3.8) is 0 Å². The highest BCUT2D eigenvalue weighted by molar-refractivity contribution is 6.77. The van der Waals surface area contributed by atoms with Crippen molar-refractivity contribution < 1.29 is 43.2 Å². The van der Waals surface area contributed by atoms with Crippen LogP contribution in [0.3, 0.4) is 0 Å². The summed E-state index contributed by atoms with van der Waals surface area (Å²) in [5.74, 6) is -1.29. The normalized spacial score (nSPS) is 14.5. The third-order valence-corrected chi connectivity index (χ3v) is 8.51. The van der Waals surface area contributed by atoms with Crippen LogP contribution in [-0.2, 0) is 33.3 Å². The molecule has 0 aromatic heterocycles. The van der Waals surface area contributed by atoms with Crippen LogP contribution < -0.4 is 16.4 Å². The first-order valence-electron chi connectivity index (χ1n) is 12.7. The fourth-order valence-electron chi connectivity index (χ4n) is 2.90. The van der Waals surface area contributed by atoms with Crippen LogP contribution in [-0.4, -0.2) is 108 Å². The molecular weight excluding hydrogens is 502 g/mol. The van der Waals surface area contributed by atoms with Gasteiger partial charge >= 0.3 is 12.1 Å². The molecule has 0 rings (SSSR count). The highest BCUT2D eigenvalue weighted by atomic mass is 28.3. The molecule has 0 aromatic rings. The summed E-state index contributed by atoms with van der Waals surface area (Å²) in [7, 11) is -1.59. The molecule has 3 atom stereocenters. The number of carbonyl (C=O) groups is 3. The van der Waals surface area contributed by atoms with E-state index in [9.17, 15) is 14.4 Å². The van der Waals surface area contributed by atoms with E-state index in [0.717, 1.165) is 0 Å². The average molecular weight is 552 g/mol. The molecule has 0 saturated heterocycles. The smallest absolute Gasteiger partial charge is 0.408 e. The summed E-state index contributed by atoms with van der Waals surface area (Å²) in [6.45, 7) is 16.6. The molecule has 0 fully saturated rings. The van der Waals surface area contributed by atoms with E-state index in [1.54, 1.807) is 20.8 Å². The Morgan fingerprint density at radius 1 is 0.919 bits per heavy atom. The Hall–Kier alpha value is -1.77. The van der Waals surface area contributed by atoms with Crippen molar-refractivity contribution in [3.8, 4) is 0 Å². The number of hydrogen-bond donors (Lipinski definition) is 4. The SMILES string of the molecule is CC(C(CNC(=O)[C@@H](CN)NC(=O)OC(C)(C)C)OCCOCCOCCOCCC(=O)O)[Si](C)(C)C. The molecule has 0 aliphatic carbocycles. The molecule has 0 bridgehead atoms. The first kappa shape index (κ1) is 35.2. The van der Waals surface area contributed by atoms with Crippen LogP contribution in [0.15, 0.2) is 0 Å². The Kier molecular flexibility index (Phi) is 17.6. The van der Waals surface area contributed by atoms with E-state index >= 15 is 0 Å². The van der Waals surface area contributed by atoms with Crippen molar-refractivity contribution in [2.75, 3.05) is 59.3 Å². The summed E-state index contributed by atoms with van der Waals surface area (Å²) in [6, 6.07) is -0.913. The zero-order valence-electron chi connectivity index (χ0n) is 23.6. The van der Waals surface area contributed by atoms with Crippen LogP contribution in [0.4, 0.5) is 4.79 Å². The number of alkyl carbamates (subject to hydrolysis) is 1. The van der Waals surface area contributed by atoms with Gasteiger partial charge in [-0.1, -0.05) is 26.6 Å². The lowest BCUT2D eigenvalue weighted by Crippen LogP contribution is -2.53. The number of nitrogens with two attached hydrogens (primary N) is 1. The predicted octanol–water partition coefficient (Wildman–Crippen LogP) is 1.59. The van der Waals surface area contributed by atoms with Crippen LogP contribution in [0, 0.1) is 0 Å². The third-order valence-electron chi connectivity index (χ3n) is 5.41. The second kappa shape index (κ2) is 18.5. The second-order valence-corrected chi connectivity index (χ2v) is 16.4. The number of nitrogens with one attached hydrogen (secondary N) is 2. The van der Waals surface area contributed by atoms with E-state index in [-0.39, 0.29) is 37.8 Å². The Morgan fingerprint density at radius 3 is 1.89 bits per heavy atom. The summed E-state index contributed by atoms with van der Waals surface area (Å²) < 4.78 is 27.3. The number of carboxylic acid groups (broad SMARTS) is 1. The van der Waals surface area contributed by atoms with Crippen LogP contribution >= 0.6 is 0 Å². The Labute approximate surface area is 222 Å². The van der Waals surface area contributed by atoms with Gasteiger partial charge in [0, 0.05) is 13.1 Å². The molecule has 0 saturated carbocycles. The van der Waals surface area contributed by atoms with Gasteiger partial charge in [0.25, 0.3) is 0 Å². The third kappa shape index (κ3) is 19.0. The van der Waals surface area contributed by atoms with E-state index in [4.69, 9.17) is 34.5 Å². The lowest BCUT2D eigenvalue weighted by atomic mass is 10.2. The van der Waals surface area contributed by atoms with E-state index < -0.39 is 37.7 Å². The minimum atomic E-state index is -1.59. The molecule has 0 aliphatic heterocycles. The molecule has 0 radical (unpaired) electrons. The van der Waals surface area contributed by atoms with Gasteiger partial charge in [-0.25, -0.2) is 4.79 Å². The summed E-state index contributed by atoms with van der Waals surface area (Å²) in [6.07, 6.45) is -0.952. The Morgan fingerprint density at radius 2 is 1.43 bits per heavy atom. The lowest BCUT2D eigenvalue weighted by molar-refractivity contribution is -0.138. The van der Waals surface area contributed by atoms with Gasteiger partial charge in [-0.3, -0.25) is 9.59 Å². The van der Waals surface area contributed by atoms with Crippen LogP contribution in [0.25, 0.3) is 0 Å². The highest BCUT2D eigenvalue weighted by Crippen LogP contribution is 2.26. The molecule has 0 heterocycles. The quantitative estimate of drug-likeness (QED) is 0.129. The van der Waals surface area contributed by atoms with E-state index in [2.05, 4.69) is 37.2 Å². The highest BCUT2D eigenvalue weighted by Gasteiger charge is 2.32. The molecule has 2 unspecified atom stereocenters. The maximum Gasteiger partial charge on any atom is 0.408 e. The van der Waals surface area contributed by atoms with Crippen molar-refractivity contribution in [1.29, 1.82) is 0 Å². The molecule has 0 spiro atoms. The Bertz CT molecular complexity index is 669. The van der Waals surface area contributed by atoms with E-state index in [0.29, 0.717) is 39.6 Å². The zero-order chi connectivity index (χ0) is 28.5. The number of aliphatic carboxylic acids is 1. The number of carboxylic acids is 1. The summed E-state index contributed by atoms with van der Waals surface area (Å²) in [5, 5.41) is 13.9. The van der Waals surface area contributed by atoms with Crippen molar-refractivity contribution >= 4 is 26.0 Å². The largest absolute Gasteiger partial charge is 0.481 e. The maximum absolute atomic E-state index is 12.7. The predicted molar refractivity (Wildman–Crippen MR) is 142 cm³/mol. The van der Waals surface area contributed by atoms with Gasteiger partial charge in [-0.2, -0.15) is 0 Å². The molecule has 37 heavy (non-hydrogen) atoms. The molecule has 5 N–H and O–H groups in total. The fraction of sp³-hybridized carbons (Fsp3) is 0.875. The molecule has 13 heteroatoms. The van der Waals surface area contributed by atoms with Crippen molar-refractivity contribution in [3.05, 3.63) is 0 Å². The topological polar surface area (TPSA) is 168 Å². The zero-order valence-corrected chi connectivity index (χ0v) is 24.6. The molecule has 2 amide bonds. The van der Waals surface area contributed by atoms with Gasteiger partial charge in [0.15, 0.2) is 0 Å². The molecule has 12 nitrogen and oxygen atoms in total. The number of ether oxygens (including phenoxy) is 5. The van der Waals surface area contributed by atoms with Crippen LogP contribution in [0.2, 0.25) is 25.2 Å². The lowest BCUT2D eigenvalue weighted by Gasteiger charge is -2.33. The van der Waals surface area contributed by atoms with Crippen LogP contribution in [0.1, 0.15) is 34.1 Å². The fourth-order valence-corrected chi connectivity index (χ4v) is 4.23. The van der Waals surface area contributed by atoms with Crippen molar-refractivity contribution in [2.45, 2.75) is 77.0 Å². The second-order valence-electron chi connectivity index (χ2n) is 10.7. The molecule has 0 aliphatic rings. The standard InChI is InChI=1S/C24H49N3O9Si/c1-18(37(5,6)7)20(17-26-22(30)19(16-25)27-23(31)36-24(2,3)4)35-15-14-34-13-12-33-11-10-32-9-8-21(28)29/h18-20H,8-17,25H2,1-7H3,(H,26,30)(H,27,31)(H,28,29)/t18?,19-,20?/m1/s1. The number of rotatable bonds is 20. The number of amides is 2. The van der Waals surface area contributed by atoms with Gasteiger partial charge in [0.05, 0.1) is 66.8 Å². The van der Waals surface area contributed by atoms with Crippen LogP contribution in [0.5, 0.6) is 0 Å². The van der Waals surface area contributed by atoms with Gasteiger partial charge in [0.1, 0.15) is 11.6 Å². The van der Waals surface area contributed by atoms with E-state index in [1.165, 1.54) is 0 Å². The summed E-state index contributed by atoms with van der Waals surface area (Å²) in [4.78, 5) is 35.1. The number of hydrogen-bond acceptors (Lipinski definition) is 9. The van der Waals surface area contributed by atoms with Gasteiger partial charge in [-0.15, -0.1) is 0 Å². The molecular formula is C24H49N3O9Si. The first-order chi connectivity index (χ1) is 17.2. The van der Waals surface area contributed by atoms with E-state index in [1.807, 2.05) is 0 Å². The van der Waals surface area contributed by atoms with Crippen molar-refractivity contribution in [2.24, 2.45) is 5.73 Å². The molecule has 218 valence electrons. The number of carbonyl (C=O) groups excluding carboxylic acids is 2. The first-order valence-corrected chi connectivity index (χ1v) is 16.3. The van der Waals surface area contributed by atoms with Crippen molar-refractivity contribution in [1.82, 2.24) is 10.6 Å². The minimum absolute atomic E-state index is 0.0271. The maximum atomic E-state index is 12.7. The Balaban J connectivity index is 4.43. The monoisotopic (exact) mass is 551 g/mol. The summed E-state index contributed by atoms with van der Waals surface area (Å²) in [5.41, 5.74) is 5.26. The average Bonchev–Trinajstić information content (AvgIpc) is 2.77.